The Morgan fingerprint density at radius 3 is 2.65 bits per heavy atom. The van der Waals surface area contributed by atoms with Crippen molar-refractivity contribution in [3.8, 4) is 5.69 Å². The van der Waals surface area contributed by atoms with Gasteiger partial charge in [-0.1, -0.05) is 6.07 Å². The van der Waals surface area contributed by atoms with E-state index >= 15 is 0 Å². The van der Waals surface area contributed by atoms with Crippen molar-refractivity contribution in [3.05, 3.63) is 47.8 Å². The standard InChI is InChI=1S/C15H16F2N4O.ClH/c1-10-9-18-6-8-20(10)15(22)13-5-7-21(19-13)14-11(16)3-2-4-12(14)17;/h2-5,7,10,18H,6,8-9H2,1H3;1H/t10-;/m1./s1. The second kappa shape index (κ2) is 7.06. The molecule has 0 radical (unpaired) electrons. The number of benzene rings is 1. The van der Waals surface area contributed by atoms with Crippen molar-refractivity contribution < 1.29 is 13.6 Å². The minimum atomic E-state index is -0.724. The van der Waals surface area contributed by atoms with Crippen LogP contribution in [-0.4, -0.2) is 46.3 Å². The highest BCUT2D eigenvalue weighted by atomic mass is 35.5. The van der Waals surface area contributed by atoms with Crippen molar-refractivity contribution in [1.82, 2.24) is 20.0 Å². The van der Waals surface area contributed by atoms with Crippen molar-refractivity contribution in [2.75, 3.05) is 19.6 Å². The van der Waals surface area contributed by atoms with Crippen LogP contribution in [0.4, 0.5) is 8.78 Å². The van der Waals surface area contributed by atoms with Gasteiger partial charge in [-0.3, -0.25) is 4.79 Å². The van der Waals surface area contributed by atoms with Gasteiger partial charge in [-0.2, -0.15) is 5.10 Å². The molecule has 23 heavy (non-hydrogen) atoms. The maximum Gasteiger partial charge on any atom is 0.274 e. The fourth-order valence-corrected chi connectivity index (χ4v) is 2.56. The zero-order valence-electron chi connectivity index (χ0n) is 12.5. The summed E-state index contributed by atoms with van der Waals surface area (Å²) in [5, 5.41) is 7.23. The topological polar surface area (TPSA) is 50.2 Å². The van der Waals surface area contributed by atoms with Gasteiger partial charge in [0.1, 0.15) is 5.69 Å². The number of hydrogen-bond donors (Lipinski definition) is 1. The lowest BCUT2D eigenvalue weighted by molar-refractivity contribution is 0.0649. The van der Waals surface area contributed by atoms with E-state index in [1.54, 1.807) is 4.90 Å². The van der Waals surface area contributed by atoms with E-state index in [9.17, 15) is 13.6 Å². The first kappa shape index (κ1) is 17.4. The van der Waals surface area contributed by atoms with Crippen LogP contribution in [0.25, 0.3) is 5.69 Å². The molecule has 5 nitrogen and oxygen atoms in total. The van der Waals surface area contributed by atoms with E-state index in [1.165, 1.54) is 18.3 Å². The Morgan fingerprint density at radius 1 is 1.30 bits per heavy atom. The highest BCUT2D eigenvalue weighted by Crippen LogP contribution is 2.17. The summed E-state index contributed by atoms with van der Waals surface area (Å²) in [5.41, 5.74) is -0.105. The summed E-state index contributed by atoms with van der Waals surface area (Å²) in [6.07, 6.45) is 1.39. The number of para-hydroxylation sites is 1. The van der Waals surface area contributed by atoms with Gasteiger partial charge in [0.05, 0.1) is 0 Å². The number of nitrogens with one attached hydrogen (secondary N) is 1. The van der Waals surface area contributed by atoms with Gasteiger partial charge in [0, 0.05) is 31.9 Å². The second-order valence-corrected chi connectivity index (χ2v) is 5.27. The molecule has 8 heteroatoms. The normalized spacial score (nSPS) is 17.7. The third-order valence-corrected chi connectivity index (χ3v) is 3.74. The van der Waals surface area contributed by atoms with E-state index in [4.69, 9.17) is 0 Å². The molecular formula is C15H17ClF2N4O. The number of halogens is 3. The summed E-state index contributed by atoms with van der Waals surface area (Å²) < 4.78 is 28.6. The maximum absolute atomic E-state index is 13.8. The molecule has 1 amide bonds. The van der Waals surface area contributed by atoms with Crippen molar-refractivity contribution in [3.63, 3.8) is 0 Å². The third-order valence-electron chi connectivity index (χ3n) is 3.74. The summed E-state index contributed by atoms with van der Waals surface area (Å²) in [6.45, 7) is 3.96. The van der Waals surface area contributed by atoms with Gasteiger partial charge in [-0.05, 0) is 25.1 Å². The lowest BCUT2D eigenvalue weighted by atomic mass is 10.2. The average Bonchev–Trinajstić information content (AvgIpc) is 2.96. The Balaban J connectivity index is 0.00000192. The predicted molar refractivity (Wildman–Crippen MR) is 84.1 cm³/mol. The summed E-state index contributed by atoms with van der Waals surface area (Å²) in [4.78, 5) is 14.2. The number of aromatic nitrogens is 2. The van der Waals surface area contributed by atoms with Crippen LogP contribution in [0.2, 0.25) is 0 Å². The lowest BCUT2D eigenvalue weighted by Gasteiger charge is -2.33. The molecule has 2 heterocycles. The van der Waals surface area contributed by atoms with Gasteiger partial charge in [-0.15, -0.1) is 12.4 Å². The predicted octanol–water partition coefficient (Wildman–Crippen LogP) is 2.01. The minimum Gasteiger partial charge on any atom is -0.332 e. The SMILES string of the molecule is C[C@@H]1CNCCN1C(=O)c1ccn(-c2c(F)cccc2F)n1.Cl. The van der Waals surface area contributed by atoms with Crippen molar-refractivity contribution in [1.29, 1.82) is 0 Å². The Bertz CT molecular complexity index is 686. The Hall–Kier alpha value is -1.99. The number of nitrogens with zero attached hydrogens (tertiary/aromatic N) is 3. The Kier molecular flexibility index (Phi) is 5.33. The molecule has 1 N–H and O–H groups in total. The number of piperazine rings is 1. The molecule has 1 aromatic heterocycles. The smallest absolute Gasteiger partial charge is 0.274 e. The molecule has 1 saturated heterocycles. The van der Waals surface area contributed by atoms with Crippen LogP contribution < -0.4 is 5.32 Å². The molecule has 1 atom stereocenters. The van der Waals surface area contributed by atoms with Gasteiger partial charge < -0.3 is 10.2 Å². The molecule has 1 aromatic carbocycles. The summed E-state index contributed by atoms with van der Waals surface area (Å²) in [5.74, 6) is -1.68. The fourth-order valence-electron chi connectivity index (χ4n) is 2.56. The molecule has 1 aliphatic rings. The number of amides is 1. The zero-order chi connectivity index (χ0) is 15.7. The van der Waals surface area contributed by atoms with Crippen LogP contribution in [0.1, 0.15) is 17.4 Å². The van der Waals surface area contributed by atoms with E-state index < -0.39 is 11.6 Å². The summed E-state index contributed by atoms with van der Waals surface area (Å²) >= 11 is 0. The molecular weight excluding hydrogens is 326 g/mol. The van der Waals surface area contributed by atoms with E-state index in [0.717, 1.165) is 23.4 Å². The van der Waals surface area contributed by atoms with E-state index in [2.05, 4.69) is 10.4 Å². The minimum absolute atomic E-state index is 0. The maximum atomic E-state index is 13.8. The van der Waals surface area contributed by atoms with Crippen LogP contribution in [0.3, 0.4) is 0 Å². The molecule has 1 aliphatic heterocycles. The van der Waals surface area contributed by atoms with Gasteiger partial charge in [-0.25, -0.2) is 13.5 Å². The first-order valence-electron chi connectivity index (χ1n) is 7.09. The van der Waals surface area contributed by atoms with Crippen LogP contribution in [0.5, 0.6) is 0 Å². The molecule has 0 spiro atoms. The number of carbonyl (C=O) groups is 1. The van der Waals surface area contributed by atoms with Crippen LogP contribution in [0, 0.1) is 11.6 Å². The summed E-state index contributed by atoms with van der Waals surface area (Å²) in [7, 11) is 0. The van der Waals surface area contributed by atoms with Crippen LogP contribution >= 0.6 is 12.4 Å². The van der Waals surface area contributed by atoms with E-state index in [-0.39, 0.29) is 35.7 Å². The molecule has 1 fully saturated rings. The number of rotatable bonds is 2. The van der Waals surface area contributed by atoms with Gasteiger partial charge in [0.15, 0.2) is 17.3 Å². The first-order chi connectivity index (χ1) is 10.6. The highest BCUT2D eigenvalue weighted by Gasteiger charge is 2.26. The summed E-state index contributed by atoms with van der Waals surface area (Å²) in [6, 6.07) is 5.12. The second-order valence-electron chi connectivity index (χ2n) is 5.27. The van der Waals surface area contributed by atoms with Crippen molar-refractivity contribution >= 4 is 18.3 Å². The van der Waals surface area contributed by atoms with Crippen LogP contribution in [0.15, 0.2) is 30.5 Å². The van der Waals surface area contributed by atoms with Gasteiger partial charge in [0.2, 0.25) is 0 Å². The fraction of sp³-hybridized carbons (Fsp3) is 0.333. The number of carbonyl (C=O) groups excluding carboxylic acids is 1. The zero-order valence-corrected chi connectivity index (χ0v) is 13.3. The highest BCUT2D eigenvalue weighted by molar-refractivity contribution is 5.92. The van der Waals surface area contributed by atoms with Gasteiger partial charge in [0.25, 0.3) is 5.91 Å². The average molecular weight is 343 g/mol. The Morgan fingerprint density at radius 2 is 2.00 bits per heavy atom. The molecule has 3 rings (SSSR count). The van der Waals surface area contributed by atoms with Crippen LogP contribution in [-0.2, 0) is 0 Å². The quantitative estimate of drug-likeness (QED) is 0.908. The van der Waals surface area contributed by atoms with E-state index in [1.807, 2.05) is 6.92 Å². The first-order valence-corrected chi connectivity index (χ1v) is 7.09. The molecule has 0 unspecified atom stereocenters. The monoisotopic (exact) mass is 342 g/mol. The van der Waals surface area contributed by atoms with Crippen molar-refractivity contribution in [2.45, 2.75) is 13.0 Å². The van der Waals surface area contributed by atoms with Crippen molar-refractivity contribution in [2.24, 2.45) is 0 Å². The molecule has 2 aromatic rings. The van der Waals surface area contributed by atoms with E-state index in [0.29, 0.717) is 13.1 Å². The molecule has 0 aliphatic carbocycles. The largest absolute Gasteiger partial charge is 0.332 e. The number of hydrogen-bond acceptors (Lipinski definition) is 3. The molecule has 124 valence electrons. The van der Waals surface area contributed by atoms with Gasteiger partial charge >= 0.3 is 0 Å². The molecule has 0 saturated carbocycles. The third kappa shape index (κ3) is 3.35. The Labute approximate surface area is 138 Å². The lowest BCUT2D eigenvalue weighted by Crippen LogP contribution is -2.52. The molecule has 0 bridgehead atoms.